The molecule has 0 amide bonds. The molecule has 0 aromatic carbocycles. The maximum Gasteiger partial charge on any atom is 0.278 e. The normalized spacial score (nSPS) is 11.6. The van der Waals surface area contributed by atoms with Gasteiger partial charge >= 0.3 is 0 Å². The molecule has 0 unspecified atom stereocenters. The number of rotatable bonds is 3. The fourth-order valence-electron chi connectivity index (χ4n) is 2.86. The fraction of sp³-hybridized carbons (Fsp3) is 0.353. The van der Waals surface area contributed by atoms with Crippen molar-refractivity contribution in [2.24, 2.45) is 0 Å². The van der Waals surface area contributed by atoms with Crippen LogP contribution >= 0.6 is 23.2 Å². The van der Waals surface area contributed by atoms with Crippen molar-refractivity contribution < 1.29 is 0 Å². The molecule has 0 saturated carbocycles. The summed E-state index contributed by atoms with van der Waals surface area (Å²) in [5.41, 5.74) is 2.86. The van der Waals surface area contributed by atoms with Crippen LogP contribution in [-0.2, 0) is 6.54 Å². The highest BCUT2D eigenvalue weighted by molar-refractivity contribution is 6.35. The summed E-state index contributed by atoms with van der Waals surface area (Å²) in [6.45, 7) is 8.44. The standard InChI is InChI=1S/C17H18Cl2N4O/c1-5-22-16(14-13(19)7-11(18)8-20-14)21-23-10(4)6-12(9(2)3)15(23)17(22)24/h6-9H,5H2,1-4H3. The number of hydrogen-bond donors (Lipinski definition) is 0. The van der Waals surface area contributed by atoms with Gasteiger partial charge in [-0.3, -0.25) is 9.36 Å². The van der Waals surface area contributed by atoms with Gasteiger partial charge in [-0.1, -0.05) is 37.0 Å². The predicted molar refractivity (Wildman–Crippen MR) is 97.2 cm³/mol. The third kappa shape index (κ3) is 2.62. The number of pyridine rings is 1. The lowest BCUT2D eigenvalue weighted by molar-refractivity contribution is 0.684. The first-order valence-corrected chi connectivity index (χ1v) is 8.55. The van der Waals surface area contributed by atoms with E-state index in [2.05, 4.69) is 23.9 Å². The van der Waals surface area contributed by atoms with Gasteiger partial charge in [0.25, 0.3) is 5.56 Å². The van der Waals surface area contributed by atoms with Crippen LogP contribution in [0.3, 0.4) is 0 Å². The summed E-state index contributed by atoms with van der Waals surface area (Å²) in [4.78, 5) is 17.4. The van der Waals surface area contributed by atoms with Gasteiger partial charge in [0.2, 0.25) is 0 Å². The average molecular weight is 365 g/mol. The fourth-order valence-corrected chi connectivity index (χ4v) is 3.32. The zero-order chi connectivity index (χ0) is 17.6. The first kappa shape index (κ1) is 17.0. The topological polar surface area (TPSA) is 52.2 Å². The molecule has 3 aromatic rings. The van der Waals surface area contributed by atoms with E-state index in [1.54, 1.807) is 15.1 Å². The third-order valence-corrected chi connectivity index (χ3v) is 4.53. The Bertz CT molecular complexity index is 988. The minimum absolute atomic E-state index is 0.0906. The number of aromatic nitrogens is 4. The molecule has 7 heteroatoms. The van der Waals surface area contributed by atoms with Gasteiger partial charge < -0.3 is 0 Å². The molecule has 24 heavy (non-hydrogen) atoms. The van der Waals surface area contributed by atoms with Gasteiger partial charge in [0, 0.05) is 18.4 Å². The van der Waals surface area contributed by atoms with Gasteiger partial charge in [-0.05, 0) is 37.5 Å². The van der Waals surface area contributed by atoms with Gasteiger partial charge in [-0.15, -0.1) is 5.10 Å². The minimum Gasteiger partial charge on any atom is -0.288 e. The molecule has 0 aliphatic rings. The Morgan fingerprint density at radius 1 is 1.25 bits per heavy atom. The molecule has 3 heterocycles. The second kappa shape index (κ2) is 6.22. The lowest BCUT2D eigenvalue weighted by Gasteiger charge is -2.13. The van der Waals surface area contributed by atoms with Gasteiger partial charge in [0.1, 0.15) is 11.2 Å². The van der Waals surface area contributed by atoms with E-state index in [4.69, 9.17) is 23.2 Å². The first-order valence-electron chi connectivity index (χ1n) is 7.79. The van der Waals surface area contributed by atoms with Gasteiger partial charge in [-0.25, -0.2) is 9.50 Å². The molecule has 0 aliphatic carbocycles. The zero-order valence-electron chi connectivity index (χ0n) is 14.0. The zero-order valence-corrected chi connectivity index (χ0v) is 15.5. The van der Waals surface area contributed by atoms with Gasteiger partial charge in [-0.2, -0.15) is 0 Å². The van der Waals surface area contributed by atoms with Crippen molar-refractivity contribution in [1.82, 2.24) is 19.2 Å². The van der Waals surface area contributed by atoms with Crippen molar-refractivity contribution in [3.05, 3.63) is 50.0 Å². The summed E-state index contributed by atoms with van der Waals surface area (Å²) < 4.78 is 3.29. The Kier molecular flexibility index (Phi) is 4.40. The second-order valence-electron chi connectivity index (χ2n) is 6.01. The molecular weight excluding hydrogens is 347 g/mol. The summed E-state index contributed by atoms with van der Waals surface area (Å²) in [7, 11) is 0. The minimum atomic E-state index is -0.0906. The maximum atomic E-state index is 13.1. The molecule has 0 saturated heterocycles. The van der Waals surface area contributed by atoms with E-state index in [-0.39, 0.29) is 11.5 Å². The Morgan fingerprint density at radius 3 is 2.54 bits per heavy atom. The van der Waals surface area contributed by atoms with Crippen LogP contribution in [0.15, 0.2) is 23.1 Å². The van der Waals surface area contributed by atoms with Crippen molar-refractivity contribution in [2.45, 2.75) is 40.2 Å². The highest BCUT2D eigenvalue weighted by Crippen LogP contribution is 2.28. The largest absolute Gasteiger partial charge is 0.288 e. The van der Waals surface area contributed by atoms with E-state index >= 15 is 0 Å². The van der Waals surface area contributed by atoms with Crippen LogP contribution in [0.4, 0.5) is 0 Å². The van der Waals surface area contributed by atoms with Crippen LogP contribution in [0.5, 0.6) is 0 Å². The average Bonchev–Trinajstić information content (AvgIpc) is 2.85. The molecule has 0 bridgehead atoms. The summed E-state index contributed by atoms with van der Waals surface area (Å²) in [5, 5.41) is 5.46. The number of aryl methyl sites for hydroxylation is 1. The van der Waals surface area contributed by atoms with Gasteiger partial charge in [0.15, 0.2) is 5.82 Å². The molecule has 0 radical (unpaired) electrons. The Hall–Kier alpha value is -1.85. The lowest BCUT2D eigenvalue weighted by atomic mass is 10.1. The highest BCUT2D eigenvalue weighted by Gasteiger charge is 2.20. The molecule has 0 fully saturated rings. The number of hydrogen-bond acceptors (Lipinski definition) is 3. The van der Waals surface area contributed by atoms with E-state index in [0.29, 0.717) is 33.6 Å². The highest BCUT2D eigenvalue weighted by atomic mass is 35.5. The lowest BCUT2D eigenvalue weighted by Crippen LogP contribution is -2.26. The van der Waals surface area contributed by atoms with Crippen molar-refractivity contribution in [3.63, 3.8) is 0 Å². The maximum absolute atomic E-state index is 13.1. The van der Waals surface area contributed by atoms with Crippen LogP contribution in [-0.4, -0.2) is 19.2 Å². The van der Waals surface area contributed by atoms with Crippen LogP contribution in [0.2, 0.25) is 10.0 Å². The van der Waals surface area contributed by atoms with Crippen molar-refractivity contribution >= 4 is 28.7 Å². The molecule has 3 aromatic heterocycles. The molecule has 0 spiro atoms. The molecule has 5 nitrogen and oxygen atoms in total. The molecule has 3 rings (SSSR count). The van der Waals surface area contributed by atoms with Gasteiger partial charge in [0.05, 0.1) is 10.0 Å². The van der Waals surface area contributed by atoms with E-state index in [1.807, 2.05) is 19.9 Å². The van der Waals surface area contributed by atoms with Crippen LogP contribution in [0, 0.1) is 6.92 Å². The summed E-state index contributed by atoms with van der Waals surface area (Å²) in [6, 6.07) is 3.61. The molecular formula is C17H18Cl2N4O. The summed E-state index contributed by atoms with van der Waals surface area (Å²) in [6.07, 6.45) is 1.50. The first-order chi connectivity index (χ1) is 11.3. The monoisotopic (exact) mass is 364 g/mol. The number of fused-ring (bicyclic) bond motifs is 1. The van der Waals surface area contributed by atoms with Crippen molar-refractivity contribution in [2.75, 3.05) is 0 Å². The van der Waals surface area contributed by atoms with Crippen LogP contribution in [0.25, 0.3) is 17.0 Å². The Labute approximate surface area is 149 Å². The van der Waals surface area contributed by atoms with Crippen LogP contribution in [0.1, 0.15) is 37.9 Å². The summed E-state index contributed by atoms with van der Waals surface area (Å²) in [5.74, 6) is 0.669. The third-order valence-electron chi connectivity index (χ3n) is 4.04. The summed E-state index contributed by atoms with van der Waals surface area (Å²) >= 11 is 12.2. The molecule has 0 N–H and O–H groups in total. The SMILES string of the molecule is CCn1c(-c2ncc(Cl)cc2Cl)nn2c(C)cc(C(C)C)c2c1=O. The van der Waals surface area contributed by atoms with E-state index in [0.717, 1.165) is 11.3 Å². The van der Waals surface area contributed by atoms with E-state index < -0.39 is 0 Å². The smallest absolute Gasteiger partial charge is 0.278 e. The van der Waals surface area contributed by atoms with E-state index in [1.165, 1.54) is 6.20 Å². The Balaban J connectivity index is 2.42. The molecule has 126 valence electrons. The molecule has 0 aliphatic heterocycles. The van der Waals surface area contributed by atoms with Crippen molar-refractivity contribution in [1.29, 1.82) is 0 Å². The van der Waals surface area contributed by atoms with E-state index in [9.17, 15) is 4.79 Å². The number of nitrogens with zero attached hydrogens (tertiary/aromatic N) is 4. The second-order valence-corrected chi connectivity index (χ2v) is 6.86. The number of halogens is 2. The quantitative estimate of drug-likeness (QED) is 0.695. The Morgan fingerprint density at radius 2 is 1.96 bits per heavy atom. The van der Waals surface area contributed by atoms with Crippen molar-refractivity contribution in [3.8, 4) is 11.5 Å². The van der Waals surface area contributed by atoms with Crippen LogP contribution < -0.4 is 5.56 Å². The predicted octanol–water partition coefficient (Wildman–Crippen LogP) is 4.32. The molecule has 0 atom stereocenters.